The Morgan fingerprint density at radius 3 is 2.56 bits per heavy atom. The van der Waals surface area contributed by atoms with Gasteiger partial charge in [0.1, 0.15) is 10.6 Å². The third kappa shape index (κ3) is 3.53. The third-order valence-corrected chi connectivity index (χ3v) is 4.49. The summed E-state index contributed by atoms with van der Waals surface area (Å²) in [6.07, 6.45) is -4.77. The van der Waals surface area contributed by atoms with Crippen LogP contribution in [-0.4, -0.2) is 20.9 Å². The van der Waals surface area contributed by atoms with Crippen LogP contribution in [0, 0.1) is 0 Å². The number of nitrogens with one attached hydrogen (secondary N) is 1. The molecule has 0 saturated heterocycles. The Morgan fingerprint density at radius 1 is 1.12 bits per heavy atom. The summed E-state index contributed by atoms with van der Waals surface area (Å²) in [4.78, 5) is 10.9. The smallest absolute Gasteiger partial charge is 0.420 e. The van der Waals surface area contributed by atoms with Crippen molar-refractivity contribution in [3.8, 4) is 11.5 Å². The molecule has 0 atom stereocenters. The number of anilines is 1. The Hall–Kier alpha value is -2.75. The maximum Gasteiger partial charge on any atom is 0.420 e. The van der Waals surface area contributed by atoms with Crippen LogP contribution in [0.15, 0.2) is 47.4 Å². The molecule has 10 heteroatoms. The van der Waals surface area contributed by atoms with Crippen LogP contribution in [0.2, 0.25) is 0 Å². The number of carbonyl (C=O) groups is 1. The van der Waals surface area contributed by atoms with E-state index in [2.05, 4.69) is 9.50 Å². The third-order valence-electron chi connectivity index (χ3n) is 3.26. The number of carbonyl (C=O) groups excluding carboxylic acids is 1. The van der Waals surface area contributed by atoms with Crippen molar-refractivity contribution >= 4 is 21.7 Å². The molecule has 3 rings (SSSR count). The van der Waals surface area contributed by atoms with Gasteiger partial charge in [0.15, 0.2) is 12.4 Å². The lowest BCUT2D eigenvalue weighted by Crippen LogP contribution is -2.25. The molecule has 0 fully saturated rings. The summed E-state index contributed by atoms with van der Waals surface area (Å²) in [5.41, 5.74) is -1.13. The first kappa shape index (κ1) is 17.1. The van der Waals surface area contributed by atoms with E-state index in [1.54, 1.807) is 0 Å². The molecule has 0 saturated carbocycles. The van der Waals surface area contributed by atoms with Gasteiger partial charge in [0.2, 0.25) is 0 Å². The minimum atomic E-state index is -4.77. The van der Waals surface area contributed by atoms with Gasteiger partial charge in [-0.25, -0.2) is 0 Å². The molecule has 132 valence electrons. The molecule has 2 aromatic carbocycles. The number of rotatable bonds is 3. The second-order valence-electron chi connectivity index (χ2n) is 5.03. The summed E-state index contributed by atoms with van der Waals surface area (Å²) in [5, 5.41) is 2.41. The average Bonchev–Trinajstić information content (AvgIpc) is 2.53. The summed E-state index contributed by atoms with van der Waals surface area (Å²) in [5.74, 6) is -1.08. The van der Waals surface area contributed by atoms with Crippen molar-refractivity contribution in [3.63, 3.8) is 0 Å². The molecule has 25 heavy (non-hydrogen) atoms. The first-order chi connectivity index (χ1) is 11.7. The molecular formula is C15H10F3NO5S. The fourth-order valence-electron chi connectivity index (χ4n) is 2.16. The number of halogens is 3. The van der Waals surface area contributed by atoms with E-state index < -0.39 is 38.4 Å². The van der Waals surface area contributed by atoms with Gasteiger partial charge >= 0.3 is 16.3 Å². The zero-order valence-electron chi connectivity index (χ0n) is 12.3. The molecule has 0 bridgehead atoms. The normalized spacial score (nSPS) is 14.3. The van der Waals surface area contributed by atoms with Crippen molar-refractivity contribution in [3.05, 3.63) is 48.0 Å². The Labute approximate surface area is 140 Å². The fraction of sp³-hybridized carbons (Fsp3) is 0.133. The van der Waals surface area contributed by atoms with Crippen LogP contribution < -0.4 is 14.2 Å². The van der Waals surface area contributed by atoms with Crippen molar-refractivity contribution in [1.29, 1.82) is 0 Å². The number of para-hydroxylation sites is 1. The Balaban J connectivity index is 1.96. The van der Waals surface area contributed by atoms with E-state index >= 15 is 0 Å². The monoisotopic (exact) mass is 373 g/mol. The van der Waals surface area contributed by atoms with E-state index in [-0.39, 0.29) is 18.0 Å². The molecule has 1 amide bonds. The predicted octanol–water partition coefficient (Wildman–Crippen LogP) is 2.80. The van der Waals surface area contributed by atoms with Gasteiger partial charge in [0, 0.05) is 0 Å². The summed E-state index contributed by atoms with van der Waals surface area (Å²) in [6, 6.07) is 7.41. The maximum atomic E-state index is 13.0. The van der Waals surface area contributed by atoms with Crippen LogP contribution in [0.1, 0.15) is 5.56 Å². The largest absolute Gasteiger partial charge is 0.482 e. The van der Waals surface area contributed by atoms with Gasteiger partial charge in [-0.1, -0.05) is 12.1 Å². The minimum absolute atomic E-state index is 0.0880. The number of hydrogen-bond acceptors (Lipinski definition) is 5. The van der Waals surface area contributed by atoms with Gasteiger partial charge in [-0.2, -0.15) is 21.6 Å². The molecule has 2 aromatic rings. The number of alkyl halides is 3. The highest BCUT2D eigenvalue weighted by molar-refractivity contribution is 7.87. The van der Waals surface area contributed by atoms with Crippen molar-refractivity contribution < 1.29 is 35.3 Å². The number of benzene rings is 2. The Kier molecular flexibility index (Phi) is 4.07. The van der Waals surface area contributed by atoms with Gasteiger partial charge < -0.3 is 14.2 Å². The minimum Gasteiger partial charge on any atom is -0.482 e. The molecular weight excluding hydrogens is 363 g/mol. The topological polar surface area (TPSA) is 81.7 Å². The van der Waals surface area contributed by atoms with E-state index in [1.807, 2.05) is 0 Å². The highest BCUT2D eigenvalue weighted by atomic mass is 32.2. The van der Waals surface area contributed by atoms with Crippen molar-refractivity contribution in [2.75, 3.05) is 11.9 Å². The average molecular weight is 373 g/mol. The van der Waals surface area contributed by atoms with Crippen molar-refractivity contribution in [2.45, 2.75) is 11.1 Å². The lowest BCUT2D eigenvalue weighted by atomic mass is 10.2. The van der Waals surface area contributed by atoms with Gasteiger partial charge in [-0.3, -0.25) is 4.79 Å². The molecule has 1 heterocycles. The van der Waals surface area contributed by atoms with Crippen LogP contribution in [0.3, 0.4) is 0 Å². The molecule has 0 unspecified atom stereocenters. The van der Waals surface area contributed by atoms with E-state index in [0.29, 0.717) is 6.07 Å². The van der Waals surface area contributed by atoms with Crippen LogP contribution in [0.4, 0.5) is 18.9 Å². The highest BCUT2D eigenvalue weighted by Gasteiger charge is 2.35. The summed E-state index contributed by atoms with van der Waals surface area (Å²) in [6.45, 7) is -0.214. The summed E-state index contributed by atoms with van der Waals surface area (Å²) in [7, 11) is -4.55. The van der Waals surface area contributed by atoms with E-state index in [1.165, 1.54) is 12.1 Å². The first-order valence-electron chi connectivity index (χ1n) is 6.84. The number of hydrogen-bond donors (Lipinski definition) is 1. The molecule has 1 aliphatic heterocycles. The lowest BCUT2D eigenvalue weighted by Gasteiger charge is -2.19. The summed E-state index contributed by atoms with van der Waals surface area (Å²) < 4.78 is 73.2. The molecule has 0 aliphatic carbocycles. The predicted molar refractivity (Wildman–Crippen MR) is 79.8 cm³/mol. The second-order valence-corrected chi connectivity index (χ2v) is 6.57. The van der Waals surface area contributed by atoms with Gasteiger partial charge in [0.25, 0.3) is 5.91 Å². The van der Waals surface area contributed by atoms with Crippen molar-refractivity contribution in [1.82, 2.24) is 0 Å². The lowest BCUT2D eigenvalue weighted by molar-refractivity contribution is -0.138. The maximum absolute atomic E-state index is 13.0. The Bertz CT molecular complexity index is 940. The van der Waals surface area contributed by atoms with E-state index in [4.69, 9.17) is 4.74 Å². The highest BCUT2D eigenvalue weighted by Crippen LogP contribution is 2.37. The number of fused-ring (bicyclic) bond motifs is 1. The molecule has 0 radical (unpaired) electrons. The molecule has 1 N–H and O–H groups in total. The van der Waals surface area contributed by atoms with Crippen LogP contribution in [0.5, 0.6) is 11.5 Å². The van der Waals surface area contributed by atoms with E-state index in [9.17, 15) is 26.4 Å². The van der Waals surface area contributed by atoms with Gasteiger partial charge in [0.05, 0.1) is 11.3 Å². The van der Waals surface area contributed by atoms with Gasteiger partial charge in [-0.05, 0) is 30.3 Å². The van der Waals surface area contributed by atoms with E-state index in [0.717, 1.165) is 24.3 Å². The first-order valence-corrected chi connectivity index (χ1v) is 8.25. The molecule has 0 aromatic heterocycles. The molecule has 6 nitrogen and oxygen atoms in total. The van der Waals surface area contributed by atoms with Crippen LogP contribution >= 0.6 is 0 Å². The van der Waals surface area contributed by atoms with Crippen LogP contribution in [0.25, 0.3) is 0 Å². The number of ether oxygens (including phenoxy) is 1. The molecule has 1 aliphatic rings. The van der Waals surface area contributed by atoms with Gasteiger partial charge in [-0.15, -0.1) is 0 Å². The fourth-order valence-corrected chi connectivity index (χ4v) is 3.13. The van der Waals surface area contributed by atoms with Crippen LogP contribution in [-0.2, 0) is 21.1 Å². The molecule has 0 spiro atoms. The van der Waals surface area contributed by atoms with Crippen molar-refractivity contribution in [2.24, 2.45) is 0 Å². The standard InChI is InChI=1S/C15H10F3NO5S/c16-15(17,18)10-3-1-2-4-12(10)24-25(21,22)9-5-6-13-11(7-9)19-14(20)8-23-13/h1-7H,8H2,(H,19,20). The number of amides is 1. The summed E-state index contributed by atoms with van der Waals surface area (Å²) >= 11 is 0. The Morgan fingerprint density at radius 2 is 1.84 bits per heavy atom. The SMILES string of the molecule is O=C1COc2ccc(S(=O)(=O)Oc3ccccc3C(F)(F)F)cc2N1. The zero-order chi connectivity index (χ0) is 18.2. The zero-order valence-corrected chi connectivity index (χ0v) is 13.1. The quantitative estimate of drug-likeness (QED) is 0.837. The second kappa shape index (κ2) is 5.96.